The molecule has 0 spiro atoms. The predicted molar refractivity (Wildman–Crippen MR) is 103 cm³/mol. The van der Waals surface area contributed by atoms with Crippen molar-refractivity contribution < 1.29 is 14.3 Å². The highest BCUT2D eigenvalue weighted by atomic mass is 16.5. The van der Waals surface area contributed by atoms with Crippen molar-refractivity contribution in [3.8, 4) is 11.5 Å². The summed E-state index contributed by atoms with van der Waals surface area (Å²) < 4.78 is 11.7. The Labute approximate surface area is 155 Å². The van der Waals surface area contributed by atoms with E-state index in [1.165, 1.54) is 5.56 Å². The molecule has 138 valence electrons. The number of hydrogen-bond donors (Lipinski definition) is 1. The highest BCUT2D eigenvalue weighted by Gasteiger charge is 2.25. The molecule has 1 amide bonds. The maximum atomic E-state index is 12.6. The summed E-state index contributed by atoms with van der Waals surface area (Å²) in [5.41, 5.74) is 1.83. The first kappa shape index (κ1) is 18.3. The van der Waals surface area contributed by atoms with E-state index in [4.69, 9.17) is 9.47 Å². The predicted octanol–water partition coefficient (Wildman–Crippen LogP) is 4.24. The van der Waals surface area contributed by atoms with Gasteiger partial charge in [0.05, 0.1) is 13.2 Å². The van der Waals surface area contributed by atoms with E-state index in [1.807, 2.05) is 31.2 Å². The van der Waals surface area contributed by atoms with Crippen LogP contribution in [0, 0.1) is 5.41 Å². The zero-order valence-electron chi connectivity index (χ0n) is 15.7. The Kier molecular flexibility index (Phi) is 5.50. The number of rotatable bonds is 5. The molecule has 0 saturated carbocycles. The summed E-state index contributed by atoms with van der Waals surface area (Å²) in [6.45, 7) is 7.40. The zero-order chi connectivity index (χ0) is 18.6. The lowest BCUT2D eigenvalue weighted by Crippen LogP contribution is -2.32. The minimum Gasteiger partial charge on any atom is -0.489 e. The highest BCUT2D eigenvalue weighted by Crippen LogP contribution is 2.34. The van der Waals surface area contributed by atoms with E-state index < -0.39 is 0 Å². The van der Waals surface area contributed by atoms with Crippen LogP contribution >= 0.6 is 0 Å². The van der Waals surface area contributed by atoms with E-state index in [9.17, 15) is 4.79 Å². The van der Waals surface area contributed by atoms with Crippen molar-refractivity contribution in [2.24, 2.45) is 5.41 Å². The lowest BCUT2D eigenvalue weighted by molar-refractivity contribution is 0.0938. The molecule has 0 unspecified atom stereocenters. The summed E-state index contributed by atoms with van der Waals surface area (Å²) in [6.07, 6.45) is 1.84. The molecule has 4 heteroatoms. The molecule has 0 aliphatic carbocycles. The Morgan fingerprint density at radius 1 is 1.08 bits per heavy atom. The van der Waals surface area contributed by atoms with Crippen LogP contribution in [0.15, 0.2) is 48.5 Å². The van der Waals surface area contributed by atoms with Gasteiger partial charge in [-0.3, -0.25) is 4.79 Å². The molecular formula is C22H27NO3. The molecule has 0 saturated heterocycles. The van der Waals surface area contributed by atoms with Crippen molar-refractivity contribution >= 4 is 5.91 Å². The Bertz CT molecular complexity index is 755. The van der Waals surface area contributed by atoms with Crippen LogP contribution in [0.3, 0.4) is 0 Å². The third-order valence-electron chi connectivity index (χ3n) is 4.53. The lowest BCUT2D eigenvalue weighted by atomic mass is 9.97. The first-order valence-electron chi connectivity index (χ1n) is 9.17. The van der Waals surface area contributed by atoms with Gasteiger partial charge in [0, 0.05) is 17.0 Å². The second-order valence-electron chi connectivity index (χ2n) is 7.80. The second-order valence-corrected chi connectivity index (χ2v) is 7.80. The number of nitrogens with one attached hydrogen (secondary N) is 1. The van der Waals surface area contributed by atoms with Gasteiger partial charge in [0.1, 0.15) is 0 Å². The smallest absolute Gasteiger partial charge is 0.251 e. The highest BCUT2D eigenvalue weighted by molar-refractivity contribution is 5.95. The average Bonchev–Trinajstić information content (AvgIpc) is 2.79. The van der Waals surface area contributed by atoms with Crippen molar-refractivity contribution in [1.82, 2.24) is 5.32 Å². The van der Waals surface area contributed by atoms with Crippen LogP contribution in [0.4, 0.5) is 0 Å². The Morgan fingerprint density at radius 2 is 1.77 bits per heavy atom. The fraction of sp³-hybridized carbons (Fsp3) is 0.409. The van der Waals surface area contributed by atoms with E-state index in [0.717, 1.165) is 12.8 Å². The van der Waals surface area contributed by atoms with Gasteiger partial charge >= 0.3 is 0 Å². The Hall–Kier alpha value is -2.49. The molecule has 1 heterocycles. The fourth-order valence-electron chi connectivity index (χ4n) is 2.88. The van der Waals surface area contributed by atoms with Crippen LogP contribution in [0.2, 0.25) is 0 Å². The molecule has 2 aromatic carbocycles. The molecule has 0 fully saturated rings. The molecule has 0 bridgehead atoms. The quantitative estimate of drug-likeness (QED) is 0.875. The Balaban J connectivity index is 1.59. The zero-order valence-corrected chi connectivity index (χ0v) is 15.7. The number of carbonyl (C=O) groups excluding carboxylic acids is 1. The van der Waals surface area contributed by atoms with Crippen LogP contribution in [-0.4, -0.2) is 25.2 Å². The van der Waals surface area contributed by atoms with Crippen LogP contribution in [0.1, 0.15) is 43.1 Å². The van der Waals surface area contributed by atoms with E-state index in [2.05, 4.69) is 31.3 Å². The third kappa shape index (κ3) is 4.78. The Morgan fingerprint density at radius 3 is 2.50 bits per heavy atom. The van der Waals surface area contributed by atoms with Gasteiger partial charge in [-0.15, -0.1) is 0 Å². The first-order valence-corrected chi connectivity index (χ1v) is 9.17. The summed E-state index contributed by atoms with van der Waals surface area (Å²) in [5, 5.41) is 3.07. The summed E-state index contributed by atoms with van der Waals surface area (Å²) in [6, 6.07) is 15.8. The molecule has 1 aliphatic rings. The van der Waals surface area contributed by atoms with Gasteiger partial charge in [0.2, 0.25) is 0 Å². The third-order valence-corrected chi connectivity index (χ3v) is 4.53. The topological polar surface area (TPSA) is 47.6 Å². The van der Waals surface area contributed by atoms with Crippen LogP contribution in [0.5, 0.6) is 11.5 Å². The molecule has 0 aromatic heterocycles. The molecule has 1 aliphatic heterocycles. The molecular weight excluding hydrogens is 326 g/mol. The average molecular weight is 353 g/mol. The summed E-state index contributed by atoms with van der Waals surface area (Å²) in [7, 11) is 0. The molecule has 3 rings (SSSR count). The SMILES string of the molecule is C[C@@H](CCc1ccccc1)NC(=O)c1ccc2c(c1)OCC(C)(C)CO2. The largest absolute Gasteiger partial charge is 0.489 e. The van der Waals surface area contributed by atoms with Crippen molar-refractivity contribution in [3.05, 3.63) is 59.7 Å². The molecule has 4 nitrogen and oxygen atoms in total. The van der Waals surface area contributed by atoms with Crippen molar-refractivity contribution in [2.45, 2.75) is 39.7 Å². The summed E-state index contributed by atoms with van der Waals surface area (Å²) >= 11 is 0. The number of benzene rings is 2. The molecule has 26 heavy (non-hydrogen) atoms. The summed E-state index contributed by atoms with van der Waals surface area (Å²) in [5.74, 6) is 1.25. The maximum absolute atomic E-state index is 12.6. The molecule has 2 aromatic rings. The molecule has 0 radical (unpaired) electrons. The fourth-order valence-corrected chi connectivity index (χ4v) is 2.88. The minimum absolute atomic E-state index is 0.0482. The van der Waals surface area contributed by atoms with E-state index in [1.54, 1.807) is 12.1 Å². The second kappa shape index (κ2) is 7.81. The summed E-state index contributed by atoms with van der Waals surface area (Å²) in [4.78, 5) is 12.6. The minimum atomic E-state index is -0.0829. The van der Waals surface area contributed by atoms with Crippen molar-refractivity contribution in [2.75, 3.05) is 13.2 Å². The number of ether oxygens (including phenoxy) is 2. The number of amides is 1. The number of carbonyl (C=O) groups is 1. The van der Waals surface area contributed by atoms with Gasteiger partial charge in [0.25, 0.3) is 5.91 Å². The van der Waals surface area contributed by atoms with Gasteiger partial charge in [-0.25, -0.2) is 0 Å². The van der Waals surface area contributed by atoms with Gasteiger partial charge in [-0.1, -0.05) is 44.2 Å². The van der Waals surface area contributed by atoms with E-state index in [-0.39, 0.29) is 17.4 Å². The number of aryl methyl sites for hydroxylation is 1. The van der Waals surface area contributed by atoms with Gasteiger partial charge < -0.3 is 14.8 Å². The van der Waals surface area contributed by atoms with Crippen molar-refractivity contribution in [1.29, 1.82) is 0 Å². The lowest BCUT2D eigenvalue weighted by Gasteiger charge is -2.19. The van der Waals surface area contributed by atoms with Gasteiger partial charge in [-0.05, 0) is 43.5 Å². The van der Waals surface area contributed by atoms with Gasteiger partial charge in [0.15, 0.2) is 11.5 Å². The number of hydrogen-bond acceptors (Lipinski definition) is 3. The monoisotopic (exact) mass is 353 g/mol. The molecule has 1 atom stereocenters. The number of fused-ring (bicyclic) bond motifs is 1. The van der Waals surface area contributed by atoms with Crippen LogP contribution in [0.25, 0.3) is 0 Å². The van der Waals surface area contributed by atoms with Gasteiger partial charge in [-0.2, -0.15) is 0 Å². The van der Waals surface area contributed by atoms with E-state index >= 15 is 0 Å². The van der Waals surface area contributed by atoms with Crippen LogP contribution in [-0.2, 0) is 6.42 Å². The van der Waals surface area contributed by atoms with E-state index in [0.29, 0.717) is 30.3 Å². The first-order chi connectivity index (χ1) is 12.4. The normalized spacial score (nSPS) is 16.4. The maximum Gasteiger partial charge on any atom is 0.251 e. The van der Waals surface area contributed by atoms with Crippen molar-refractivity contribution in [3.63, 3.8) is 0 Å². The molecule has 1 N–H and O–H groups in total. The standard InChI is InChI=1S/C22H27NO3/c1-16(9-10-17-7-5-4-6-8-17)23-21(24)18-11-12-19-20(13-18)26-15-22(2,3)14-25-19/h4-8,11-13,16H,9-10,14-15H2,1-3H3,(H,23,24)/t16-/m0/s1. The van der Waals surface area contributed by atoms with Crippen LogP contribution < -0.4 is 14.8 Å².